The maximum absolute atomic E-state index is 12.3. The SMILES string of the molecule is COCCOc1ccccc1CNC(=O)C1CCCOC1C. The van der Waals surface area contributed by atoms with E-state index in [2.05, 4.69) is 5.32 Å². The van der Waals surface area contributed by atoms with Gasteiger partial charge in [0.25, 0.3) is 0 Å². The lowest BCUT2D eigenvalue weighted by molar-refractivity contribution is -0.133. The van der Waals surface area contributed by atoms with Crippen molar-refractivity contribution in [3.63, 3.8) is 0 Å². The molecule has 0 aliphatic carbocycles. The van der Waals surface area contributed by atoms with Crippen LogP contribution in [-0.2, 0) is 20.8 Å². The molecular formula is C17H25NO4. The first-order valence-electron chi connectivity index (χ1n) is 7.81. The summed E-state index contributed by atoms with van der Waals surface area (Å²) in [5.41, 5.74) is 0.969. The van der Waals surface area contributed by atoms with Crippen molar-refractivity contribution in [2.24, 2.45) is 5.92 Å². The fraction of sp³-hybridized carbons (Fsp3) is 0.588. The van der Waals surface area contributed by atoms with Gasteiger partial charge >= 0.3 is 0 Å². The van der Waals surface area contributed by atoms with Gasteiger partial charge in [-0.2, -0.15) is 0 Å². The first kappa shape index (κ1) is 16.8. The summed E-state index contributed by atoms with van der Waals surface area (Å²) in [7, 11) is 1.64. The number of hydrogen-bond acceptors (Lipinski definition) is 4. The highest BCUT2D eigenvalue weighted by Gasteiger charge is 2.28. The Bertz CT molecular complexity index is 477. The molecule has 1 heterocycles. The molecule has 5 heteroatoms. The Hall–Kier alpha value is -1.59. The Kier molecular flexibility index (Phi) is 6.68. The Morgan fingerprint density at radius 2 is 2.18 bits per heavy atom. The summed E-state index contributed by atoms with van der Waals surface area (Å²) in [6.45, 7) is 4.21. The number of carbonyl (C=O) groups excluding carboxylic acids is 1. The van der Waals surface area contributed by atoms with Crippen LogP contribution < -0.4 is 10.1 Å². The molecule has 1 aliphatic heterocycles. The molecule has 5 nitrogen and oxygen atoms in total. The topological polar surface area (TPSA) is 56.8 Å². The number of para-hydroxylation sites is 1. The molecule has 2 unspecified atom stereocenters. The highest BCUT2D eigenvalue weighted by Crippen LogP contribution is 2.22. The third-order valence-electron chi connectivity index (χ3n) is 3.91. The molecule has 1 amide bonds. The van der Waals surface area contributed by atoms with E-state index in [4.69, 9.17) is 14.2 Å². The first-order valence-corrected chi connectivity index (χ1v) is 7.81. The van der Waals surface area contributed by atoms with Gasteiger partial charge in [-0.1, -0.05) is 18.2 Å². The number of hydrogen-bond donors (Lipinski definition) is 1. The number of ether oxygens (including phenoxy) is 3. The molecule has 1 aliphatic rings. The molecular weight excluding hydrogens is 282 g/mol. The first-order chi connectivity index (χ1) is 10.7. The van der Waals surface area contributed by atoms with Gasteiger partial charge in [0.2, 0.25) is 5.91 Å². The fourth-order valence-electron chi connectivity index (χ4n) is 2.61. The van der Waals surface area contributed by atoms with Crippen LogP contribution in [0, 0.1) is 5.92 Å². The standard InChI is InChI=1S/C17H25NO4/c1-13-15(7-5-9-21-13)17(19)18-12-14-6-3-4-8-16(14)22-11-10-20-2/h3-4,6,8,13,15H,5,7,9-12H2,1-2H3,(H,18,19). The normalized spacial score (nSPS) is 21.4. The van der Waals surface area contributed by atoms with Gasteiger partial charge in [-0.3, -0.25) is 4.79 Å². The lowest BCUT2D eigenvalue weighted by Crippen LogP contribution is -2.39. The van der Waals surface area contributed by atoms with Crippen LogP contribution in [-0.4, -0.2) is 38.9 Å². The molecule has 1 fully saturated rings. The number of rotatable bonds is 7. The van der Waals surface area contributed by atoms with E-state index in [1.165, 1.54) is 0 Å². The molecule has 0 aromatic heterocycles. The Balaban J connectivity index is 1.89. The van der Waals surface area contributed by atoms with Crippen molar-refractivity contribution in [1.29, 1.82) is 0 Å². The third kappa shape index (κ3) is 4.71. The number of nitrogens with one attached hydrogen (secondary N) is 1. The van der Waals surface area contributed by atoms with Crippen LogP contribution in [0.4, 0.5) is 0 Å². The van der Waals surface area contributed by atoms with E-state index >= 15 is 0 Å². The third-order valence-corrected chi connectivity index (χ3v) is 3.91. The smallest absolute Gasteiger partial charge is 0.225 e. The summed E-state index contributed by atoms with van der Waals surface area (Å²) < 4.78 is 16.2. The van der Waals surface area contributed by atoms with Crippen LogP contribution in [0.3, 0.4) is 0 Å². The zero-order valence-electron chi connectivity index (χ0n) is 13.3. The van der Waals surface area contributed by atoms with Gasteiger partial charge in [-0.05, 0) is 25.8 Å². The van der Waals surface area contributed by atoms with Gasteiger partial charge in [-0.15, -0.1) is 0 Å². The van der Waals surface area contributed by atoms with Crippen LogP contribution in [0.2, 0.25) is 0 Å². The molecule has 0 radical (unpaired) electrons. The second-order valence-electron chi connectivity index (χ2n) is 5.49. The minimum atomic E-state index is -0.0599. The van der Waals surface area contributed by atoms with Crippen LogP contribution in [0.5, 0.6) is 5.75 Å². The number of methoxy groups -OCH3 is 1. The molecule has 1 aromatic rings. The minimum absolute atomic E-state index is 0.0121. The average Bonchev–Trinajstić information content (AvgIpc) is 2.54. The van der Waals surface area contributed by atoms with Gasteiger partial charge in [0.1, 0.15) is 12.4 Å². The number of benzene rings is 1. The van der Waals surface area contributed by atoms with Crippen molar-refractivity contribution in [3.8, 4) is 5.75 Å². The summed E-state index contributed by atoms with van der Waals surface area (Å²) in [6, 6.07) is 7.73. The minimum Gasteiger partial charge on any atom is -0.491 e. The van der Waals surface area contributed by atoms with Crippen molar-refractivity contribution >= 4 is 5.91 Å². The predicted molar refractivity (Wildman–Crippen MR) is 83.8 cm³/mol. The highest BCUT2D eigenvalue weighted by atomic mass is 16.5. The molecule has 1 saturated heterocycles. The van der Waals surface area contributed by atoms with Gasteiger partial charge < -0.3 is 19.5 Å². The molecule has 0 saturated carbocycles. The molecule has 1 aromatic carbocycles. The van der Waals surface area contributed by atoms with Gasteiger partial charge in [0.15, 0.2) is 0 Å². The average molecular weight is 307 g/mol. The molecule has 0 spiro atoms. The van der Waals surface area contributed by atoms with E-state index in [1.54, 1.807) is 7.11 Å². The molecule has 2 rings (SSSR count). The summed E-state index contributed by atoms with van der Waals surface area (Å²) in [5.74, 6) is 0.780. The summed E-state index contributed by atoms with van der Waals surface area (Å²) in [5, 5.41) is 3.00. The van der Waals surface area contributed by atoms with Crippen LogP contribution in [0.25, 0.3) is 0 Å². The van der Waals surface area contributed by atoms with Gasteiger partial charge in [0.05, 0.1) is 18.6 Å². The van der Waals surface area contributed by atoms with E-state index < -0.39 is 0 Å². The molecule has 0 bridgehead atoms. The van der Waals surface area contributed by atoms with Crippen molar-refractivity contribution < 1.29 is 19.0 Å². The second kappa shape index (κ2) is 8.76. The van der Waals surface area contributed by atoms with Crippen molar-refractivity contribution in [1.82, 2.24) is 5.32 Å². The van der Waals surface area contributed by atoms with E-state index in [0.717, 1.165) is 30.8 Å². The maximum Gasteiger partial charge on any atom is 0.225 e. The van der Waals surface area contributed by atoms with E-state index in [0.29, 0.717) is 19.8 Å². The maximum atomic E-state index is 12.3. The lowest BCUT2D eigenvalue weighted by atomic mass is 9.94. The quantitative estimate of drug-likeness (QED) is 0.784. The predicted octanol–water partition coefficient (Wildman–Crippen LogP) is 2.14. The summed E-state index contributed by atoms with van der Waals surface area (Å²) in [4.78, 5) is 12.3. The molecule has 2 atom stereocenters. The lowest BCUT2D eigenvalue weighted by Gasteiger charge is -2.28. The summed E-state index contributed by atoms with van der Waals surface area (Å²) in [6.07, 6.45) is 1.82. The molecule has 122 valence electrons. The second-order valence-corrected chi connectivity index (χ2v) is 5.49. The van der Waals surface area contributed by atoms with Crippen LogP contribution in [0.15, 0.2) is 24.3 Å². The number of amides is 1. The Morgan fingerprint density at radius 3 is 2.95 bits per heavy atom. The summed E-state index contributed by atoms with van der Waals surface area (Å²) >= 11 is 0. The Morgan fingerprint density at radius 1 is 1.36 bits per heavy atom. The molecule has 22 heavy (non-hydrogen) atoms. The van der Waals surface area contributed by atoms with Gasteiger partial charge in [-0.25, -0.2) is 0 Å². The van der Waals surface area contributed by atoms with Crippen molar-refractivity contribution in [3.05, 3.63) is 29.8 Å². The Labute approximate surface area is 131 Å². The van der Waals surface area contributed by atoms with E-state index in [-0.39, 0.29) is 17.9 Å². The zero-order valence-corrected chi connectivity index (χ0v) is 13.3. The van der Waals surface area contributed by atoms with E-state index in [9.17, 15) is 4.79 Å². The monoisotopic (exact) mass is 307 g/mol. The van der Waals surface area contributed by atoms with Crippen molar-refractivity contribution in [2.75, 3.05) is 26.9 Å². The zero-order chi connectivity index (χ0) is 15.8. The van der Waals surface area contributed by atoms with Crippen LogP contribution in [0.1, 0.15) is 25.3 Å². The van der Waals surface area contributed by atoms with Crippen molar-refractivity contribution in [2.45, 2.75) is 32.4 Å². The fourth-order valence-corrected chi connectivity index (χ4v) is 2.61. The van der Waals surface area contributed by atoms with Crippen LogP contribution >= 0.6 is 0 Å². The van der Waals surface area contributed by atoms with Gasteiger partial charge in [0, 0.05) is 25.8 Å². The highest BCUT2D eigenvalue weighted by molar-refractivity contribution is 5.79. The number of carbonyl (C=O) groups is 1. The molecule has 1 N–H and O–H groups in total. The van der Waals surface area contributed by atoms with E-state index in [1.807, 2.05) is 31.2 Å². The largest absolute Gasteiger partial charge is 0.491 e.